The van der Waals surface area contributed by atoms with E-state index in [1.54, 1.807) is 6.92 Å². The largest absolute Gasteiger partial charge is 0.0654 e. The van der Waals surface area contributed by atoms with Gasteiger partial charge in [0.05, 0.1) is 0 Å². The summed E-state index contributed by atoms with van der Waals surface area (Å²) in [7, 11) is 0. The second kappa shape index (κ2) is 3.20. The Labute approximate surface area is 43.4 Å². The molecule has 0 unspecified atom stereocenters. The molecule has 0 aliphatic heterocycles. The van der Waals surface area contributed by atoms with Gasteiger partial charge in [0.1, 0.15) is 0 Å². The molecule has 6 heavy (non-hydrogen) atoms. The Morgan fingerprint density at radius 3 is 2.17 bits per heavy atom. The first-order valence-electron chi connectivity index (χ1n) is 3.42. The van der Waals surface area contributed by atoms with E-state index in [4.69, 9.17) is 2.74 Å². The van der Waals surface area contributed by atoms with Gasteiger partial charge >= 0.3 is 0 Å². The van der Waals surface area contributed by atoms with Gasteiger partial charge in [-0.3, -0.25) is 0 Å². The summed E-state index contributed by atoms with van der Waals surface area (Å²) in [6, 6.07) is 0. The predicted molar refractivity (Wildman–Crippen MR) is 29.7 cm³/mol. The van der Waals surface area contributed by atoms with Crippen molar-refractivity contribution in [3.63, 3.8) is 0 Å². The lowest BCUT2D eigenvalue weighted by molar-refractivity contribution is 0.576. The molecule has 0 aliphatic rings. The average Bonchev–Trinajstić information content (AvgIpc) is 1.21. The van der Waals surface area contributed by atoms with E-state index in [1.165, 1.54) is 0 Å². The van der Waals surface area contributed by atoms with Crippen molar-refractivity contribution < 1.29 is 2.74 Å². The van der Waals surface area contributed by atoms with E-state index < -0.39 is 6.37 Å². The van der Waals surface area contributed by atoms with Crippen LogP contribution < -0.4 is 0 Å². The molecule has 0 bridgehead atoms. The zero-order chi connectivity index (χ0) is 6.78. The highest BCUT2D eigenvalue weighted by molar-refractivity contribution is 4.38. The normalized spacial score (nSPS) is 17.3. The van der Waals surface area contributed by atoms with Crippen LogP contribution in [0.4, 0.5) is 0 Å². The first-order chi connectivity index (χ1) is 3.42. The van der Waals surface area contributed by atoms with Crippen LogP contribution in [0.2, 0.25) is 0 Å². The molecule has 0 saturated carbocycles. The van der Waals surface area contributed by atoms with Gasteiger partial charge in [0.25, 0.3) is 0 Å². The molecule has 0 aromatic carbocycles. The summed E-state index contributed by atoms with van der Waals surface area (Å²) in [5.74, 6) is 0.468. The van der Waals surface area contributed by atoms with Gasteiger partial charge in [-0.2, -0.15) is 0 Å². The molecule has 0 atom stereocenters. The molecule has 0 amide bonds. The third-order valence-corrected chi connectivity index (χ3v) is 0.612. The van der Waals surface area contributed by atoms with Crippen molar-refractivity contribution in [1.29, 1.82) is 0 Å². The topological polar surface area (TPSA) is 0 Å². The number of rotatable bonds is 2. The third kappa shape index (κ3) is 4.00. The van der Waals surface area contributed by atoms with Crippen molar-refractivity contribution in [2.45, 2.75) is 33.6 Å². The maximum atomic E-state index is 7.13. The summed E-state index contributed by atoms with van der Waals surface area (Å²) in [6.07, 6.45) is -0.318. The molecule has 0 nitrogen and oxygen atoms in total. The first kappa shape index (κ1) is 3.06. The van der Waals surface area contributed by atoms with E-state index in [2.05, 4.69) is 0 Å². The Morgan fingerprint density at radius 2 is 2.17 bits per heavy atom. The minimum Gasteiger partial charge on any atom is -0.0654 e. The summed E-state index contributed by atoms with van der Waals surface area (Å²) in [5, 5.41) is 0. The van der Waals surface area contributed by atoms with Crippen molar-refractivity contribution in [3.05, 3.63) is 0 Å². The van der Waals surface area contributed by atoms with Gasteiger partial charge in [-0.1, -0.05) is 33.6 Å². The van der Waals surface area contributed by atoms with Crippen molar-refractivity contribution >= 4 is 0 Å². The van der Waals surface area contributed by atoms with Gasteiger partial charge in [-0.15, -0.1) is 0 Å². The van der Waals surface area contributed by atoms with Crippen LogP contribution in [0.1, 0.15) is 36.3 Å². The van der Waals surface area contributed by atoms with Gasteiger partial charge in [0.2, 0.25) is 0 Å². The third-order valence-electron chi connectivity index (χ3n) is 0.612. The molecule has 0 radical (unpaired) electrons. The molecule has 0 fully saturated rings. The minimum atomic E-state index is -0.978. The molecule has 0 aromatic heterocycles. The Bertz CT molecular complexity index is 61.4. The van der Waals surface area contributed by atoms with E-state index in [1.807, 2.05) is 13.8 Å². The van der Waals surface area contributed by atoms with Crippen molar-refractivity contribution in [3.8, 4) is 0 Å². The fraction of sp³-hybridized carbons (Fsp3) is 1.00. The molecule has 0 N–H and O–H groups in total. The second-order valence-electron chi connectivity index (χ2n) is 1.95. The van der Waals surface area contributed by atoms with Gasteiger partial charge in [-0.05, 0) is 5.92 Å². The summed E-state index contributed by atoms with van der Waals surface area (Å²) < 4.78 is 14.3. The highest BCUT2D eigenvalue weighted by atomic mass is 13.9. The molecule has 0 rings (SSSR count). The second-order valence-corrected chi connectivity index (χ2v) is 1.95. The standard InChI is InChI=1S/C6H14/c1-4-5-6(2)3/h6H,4-5H2,1-3H3/i4D2. The summed E-state index contributed by atoms with van der Waals surface area (Å²) >= 11 is 0. The Balaban J connectivity index is 3.39. The van der Waals surface area contributed by atoms with E-state index in [0.717, 1.165) is 0 Å². The van der Waals surface area contributed by atoms with Crippen molar-refractivity contribution in [1.82, 2.24) is 0 Å². The first-order valence-corrected chi connectivity index (χ1v) is 2.42. The highest BCUT2D eigenvalue weighted by Gasteiger charge is 1.85. The lowest BCUT2D eigenvalue weighted by Gasteiger charge is -1.95. The van der Waals surface area contributed by atoms with Gasteiger partial charge < -0.3 is 0 Å². The van der Waals surface area contributed by atoms with E-state index in [0.29, 0.717) is 12.3 Å². The molecule has 0 spiro atoms. The lowest BCUT2D eigenvalue weighted by Crippen LogP contribution is -1.81. The minimum absolute atomic E-state index is 0.468. The van der Waals surface area contributed by atoms with Crippen LogP contribution in [0, 0.1) is 5.92 Å². The van der Waals surface area contributed by atoms with E-state index in [9.17, 15) is 0 Å². The van der Waals surface area contributed by atoms with Crippen LogP contribution in [-0.2, 0) is 0 Å². The molecular formula is C6H14. The molecule has 0 heteroatoms. The summed E-state index contributed by atoms with van der Waals surface area (Å²) in [4.78, 5) is 0. The molecular weight excluding hydrogens is 72.1 g/mol. The van der Waals surface area contributed by atoms with E-state index in [-0.39, 0.29) is 0 Å². The molecule has 0 saturated heterocycles. The zero-order valence-electron chi connectivity index (χ0n) is 6.78. The molecule has 0 aromatic rings. The van der Waals surface area contributed by atoms with Crippen molar-refractivity contribution in [2.75, 3.05) is 0 Å². The molecule has 38 valence electrons. The van der Waals surface area contributed by atoms with Crippen molar-refractivity contribution in [2.24, 2.45) is 5.92 Å². The van der Waals surface area contributed by atoms with Crippen LogP contribution in [0.5, 0.6) is 0 Å². The fourth-order valence-corrected chi connectivity index (χ4v) is 0.408. The number of hydrogen-bond acceptors (Lipinski definition) is 0. The van der Waals surface area contributed by atoms with Crippen LogP contribution in [0.15, 0.2) is 0 Å². The molecule has 0 aliphatic carbocycles. The fourth-order valence-electron chi connectivity index (χ4n) is 0.408. The number of hydrogen-bond donors (Lipinski definition) is 0. The monoisotopic (exact) mass is 88.1 g/mol. The molecule has 0 heterocycles. The maximum Gasteiger partial charge on any atom is 0.0264 e. The Morgan fingerprint density at radius 1 is 1.67 bits per heavy atom. The Hall–Kier alpha value is 0. The lowest BCUT2D eigenvalue weighted by atomic mass is 10.1. The average molecular weight is 88.2 g/mol. The summed E-state index contributed by atoms with van der Waals surface area (Å²) in [5.41, 5.74) is 0. The predicted octanol–water partition coefficient (Wildman–Crippen LogP) is 2.44. The van der Waals surface area contributed by atoms with Crippen LogP contribution in [0.25, 0.3) is 0 Å². The smallest absolute Gasteiger partial charge is 0.0264 e. The Kier molecular flexibility index (Phi) is 1.63. The van der Waals surface area contributed by atoms with Gasteiger partial charge in [0.15, 0.2) is 0 Å². The van der Waals surface area contributed by atoms with Crippen LogP contribution >= 0.6 is 0 Å². The van der Waals surface area contributed by atoms with E-state index >= 15 is 0 Å². The maximum absolute atomic E-state index is 7.13. The SMILES string of the molecule is [2H]C([2H])(C)CC(C)C. The van der Waals surface area contributed by atoms with Crippen LogP contribution in [-0.4, -0.2) is 0 Å². The van der Waals surface area contributed by atoms with Gasteiger partial charge in [-0.25, -0.2) is 0 Å². The quantitative estimate of drug-likeness (QED) is 0.486. The van der Waals surface area contributed by atoms with Crippen LogP contribution in [0.3, 0.4) is 0 Å². The highest BCUT2D eigenvalue weighted by Crippen LogP contribution is 2.00. The van der Waals surface area contributed by atoms with Gasteiger partial charge in [0, 0.05) is 2.74 Å². The zero-order valence-corrected chi connectivity index (χ0v) is 4.78. The summed E-state index contributed by atoms with van der Waals surface area (Å²) in [6.45, 7) is 5.68.